The molecule has 0 bridgehead atoms. The number of nitrogens with one attached hydrogen (secondary N) is 3. The molecule has 1 amide bonds. The molecular formula is C27H48N7O8-3. The number of rotatable bonds is 19. The van der Waals surface area contributed by atoms with E-state index in [0.717, 1.165) is 38.8 Å². The van der Waals surface area contributed by atoms with Crippen LogP contribution in [0.1, 0.15) is 32.6 Å². The van der Waals surface area contributed by atoms with Gasteiger partial charge in [0.1, 0.15) is 5.78 Å². The Morgan fingerprint density at radius 1 is 0.619 bits per heavy atom. The molecule has 1 unspecified atom stereocenters. The zero-order chi connectivity index (χ0) is 31.3. The highest BCUT2D eigenvalue weighted by atomic mass is 16.4. The van der Waals surface area contributed by atoms with E-state index >= 15 is 0 Å². The van der Waals surface area contributed by atoms with Crippen LogP contribution in [-0.4, -0.2) is 160 Å². The third-order valence-electron chi connectivity index (χ3n) is 7.14. The van der Waals surface area contributed by atoms with Crippen molar-refractivity contribution < 1.29 is 39.3 Å². The predicted molar refractivity (Wildman–Crippen MR) is 149 cm³/mol. The number of Topliss-reactive ketones (excluding diaryl/α,β-unsaturated/α-hetero) is 1. The molecule has 0 aromatic rings. The van der Waals surface area contributed by atoms with Gasteiger partial charge in [-0.1, -0.05) is 6.42 Å². The maximum atomic E-state index is 12.7. The Bertz CT molecular complexity index is 815. The lowest BCUT2D eigenvalue weighted by Crippen LogP contribution is -2.52. The van der Waals surface area contributed by atoms with E-state index in [0.29, 0.717) is 32.7 Å². The quantitative estimate of drug-likeness (QED) is 0.118. The van der Waals surface area contributed by atoms with E-state index in [-0.39, 0.29) is 70.1 Å². The fraction of sp³-hybridized carbons (Fsp3) is 0.815. The van der Waals surface area contributed by atoms with E-state index in [1.54, 1.807) is 28.7 Å². The molecule has 15 heteroatoms. The number of ketones is 1. The average molecular weight is 599 g/mol. The van der Waals surface area contributed by atoms with Gasteiger partial charge in [0.2, 0.25) is 5.91 Å². The Morgan fingerprint density at radius 3 is 1.40 bits per heavy atom. The lowest BCUT2D eigenvalue weighted by Gasteiger charge is -2.34. The van der Waals surface area contributed by atoms with Gasteiger partial charge in [0.25, 0.3) is 0 Å². The first-order valence-corrected chi connectivity index (χ1v) is 14.6. The van der Waals surface area contributed by atoms with Gasteiger partial charge in [0.05, 0.1) is 30.5 Å². The van der Waals surface area contributed by atoms with E-state index in [4.69, 9.17) is 0 Å². The van der Waals surface area contributed by atoms with E-state index in [1.807, 2.05) is 4.90 Å². The van der Waals surface area contributed by atoms with Gasteiger partial charge in [-0.2, -0.15) is 0 Å². The molecule has 1 fully saturated rings. The minimum atomic E-state index is -1.28. The van der Waals surface area contributed by atoms with E-state index in [1.165, 1.54) is 0 Å². The van der Waals surface area contributed by atoms with Crippen molar-refractivity contribution in [1.82, 2.24) is 35.6 Å². The molecule has 1 aliphatic rings. The molecule has 1 rings (SSSR count). The highest BCUT2D eigenvalue weighted by Gasteiger charge is 2.18. The van der Waals surface area contributed by atoms with Gasteiger partial charge in [-0.05, 0) is 46.3 Å². The Labute approximate surface area is 248 Å². The SMILES string of the molecule is CNC(CCCCNCCCNC(=O)CN1CCN(CC(=O)[O-])CCN(CC(=O)[O-])CCN(CC(=O)[O-])CC1)C(C)=O. The van der Waals surface area contributed by atoms with Crippen LogP contribution in [0.4, 0.5) is 0 Å². The van der Waals surface area contributed by atoms with Crippen molar-refractivity contribution in [3.8, 4) is 0 Å². The van der Waals surface area contributed by atoms with Crippen LogP contribution in [0, 0.1) is 0 Å². The molecule has 15 nitrogen and oxygen atoms in total. The second-order valence-corrected chi connectivity index (χ2v) is 10.6. The molecule has 0 aromatic carbocycles. The van der Waals surface area contributed by atoms with Crippen molar-refractivity contribution >= 4 is 29.6 Å². The summed E-state index contributed by atoms with van der Waals surface area (Å²) in [7, 11) is 1.78. The normalized spacial score (nSPS) is 17.6. The Hall–Kier alpha value is -2.69. The second-order valence-electron chi connectivity index (χ2n) is 10.6. The average Bonchev–Trinajstić information content (AvgIpc) is 2.90. The second kappa shape index (κ2) is 21.9. The largest absolute Gasteiger partial charge is 0.549 e. The summed E-state index contributed by atoms with van der Waals surface area (Å²) in [5.41, 5.74) is 0. The Balaban J connectivity index is 2.56. The number of hydrogen-bond acceptors (Lipinski definition) is 14. The molecule has 0 radical (unpaired) electrons. The summed E-state index contributed by atoms with van der Waals surface area (Å²) in [4.78, 5) is 64.5. The number of aliphatic carboxylic acids is 3. The summed E-state index contributed by atoms with van der Waals surface area (Å²) in [6.45, 7) is 4.92. The first-order valence-electron chi connectivity index (χ1n) is 14.6. The number of amides is 1. The molecule has 1 atom stereocenters. The van der Waals surface area contributed by atoms with Crippen molar-refractivity contribution in [2.75, 3.05) is 105 Å². The fourth-order valence-electron chi connectivity index (χ4n) is 4.73. The Kier molecular flexibility index (Phi) is 19.5. The third-order valence-corrected chi connectivity index (χ3v) is 7.14. The number of carboxylic acid groups (broad SMARTS) is 3. The van der Waals surface area contributed by atoms with Crippen LogP contribution in [0.15, 0.2) is 0 Å². The maximum Gasteiger partial charge on any atom is 0.234 e. The molecule has 42 heavy (non-hydrogen) atoms. The molecule has 3 N–H and O–H groups in total. The fourth-order valence-corrected chi connectivity index (χ4v) is 4.73. The molecule has 0 aromatic heterocycles. The summed E-state index contributed by atoms with van der Waals surface area (Å²) < 4.78 is 0. The number of unbranched alkanes of at least 4 members (excludes halogenated alkanes) is 1. The standard InChI is InChI=1S/C27H51N7O8/c1-22(35)23(28-2)6-3-4-7-29-8-5-9-30-24(36)18-31-10-12-32(19-25(37)38)14-16-34(21-27(41)42)17-15-33(13-11-31)20-26(39)40/h23,28-29H,3-21H2,1-2H3,(H,30,36)(H,37,38)(H,39,40)(H,41,42)/p-3. The molecule has 1 saturated heterocycles. The molecule has 0 aliphatic carbocycles. The number of carbonyl (C=O) groups excluding carboxylic acids is 5. The number of likely N-dealkylation sites (N-methyl/N-ethyl adjacent to an activating group) is 1. The summed E-state index contributed by atoms with van der Waals surface area (Å²) in [6.07, 6.45) is 3.42. The zero-order valence-corrected chi connectivity index (χ0v) is 25.1. The lowest BCUT2D eigenvalue weighted by molar-refractivity contribution is -0.308. The first kappa shape index (κ1) is 37.3. The van der Waals surface area contributed by atoms with Gasteiger partial charge >= 0.3 is 0 Å². The predicted octanol–water partition coefficient (Wildman–Crippen LogP) is -6.10. The minimum Gasteiger partial charge on any atom is -0.549 e. The van der Waals surface area contributed by atoms with Gasteiger partial charge in [0.15, 0.2) is 0 Å². The van der Waals surface area contributed by atoms with Gasteiger partial charge < -0.3 is 45.7 Å². The third kappa shape index (κ3) is 18.7. The zero-order valence-electron chi connectivity index (χ0n) is 25.1. The van der Waals surface area contributed by atoms with Crippen LogP contribution in [0.5, 0.6) is 0 Å². The number of carbonyl (C=O) groups is 5. The first-order chi connectivity index (χ1) is 20.0. The van der Waals surface area contributed by atoms with Crippen LogP contribution in [-0.2, 0) is 24.0 Å². The molecule has 242 valence electrons. The van der Waals surface area contributed by atoms with Gasteiger partial charge in [0, 0.05) is 78.5 Å². The monoisotopic (exact) mass is 598 g/mol. The van der Waals surface area contributed by atoms with Crippen molar-refractivity contribution in [2.24, 2.45) is 0 Å². The molecule has 0 saturated carbocycles. The smallest absolute Gasteiger partial charge is 0.234 e. The summed E-state index contributed by atoms with van der Waals surface area (Å²) >= 11 is 0. The van der Waals surface area contributed by atoms with Crippen molar-refractivity contribution in [2.45, 2.75) is 38.6 Å². The van der Waals surface area contributed by atoms with Crippen molar-refractivity contribution in [1.29, 1.82) is 0 Å². The lowest BCUT2D eigenvalue weighted by atomic mass is 10.1. The van der Waals surface area contributed by atoms with Gasteiger partial charge in [-0.15, -0.1) is 0 Å². The highest BCUT2D eigenvalue weighted by molar-refractivity contribution is 5.81. The van der Waals surface area contributed by atoms with Gasteiger partial charge in [-0.25, -0.2) is 0 Å². The molecular weight excluding hydrogens is 550 g/mol. The van der Waals surface area contributed by atoms with E-state index in [2.05, 4.69) is 16.0 Å². The summed E-state index contributed by atoms with van der Waals surface area (Å²) in [5.74, 6) is -3.85. The van der Waals surface area contributed by atoms with E-state index in [9.17, 15) is 39.3 Å². The maximum absolute atomic E-state index is 12.7. The highest BCUT2D eigenvalue weighted by Crippen LogP contribution is 2.02. The number of hydrogen-bond donors (Lipinski definition) is 3. The Morgan fingerprint density at radius 2 is 1.02 bits per heavy atom. The van der Waals surface area contributed by atoms with Crippen LogP contribution in [0.3, 0.4) is 0 Å². The van der Waals surface area contributed by atoms with Crippen LogP contribution in [0.25, 0.3) is 0 Å². The minimum absolute atomic E-state index is 0.0609. The van der Waals surface area contributed by atoms with E-state index < -0.39 is 17.9 Å². The van der Waals surface area contributed by atoms with Gasteiger partial charge in [-0.3, -0.25) is 29.2 Å². The topological polar surface area (TPSA) is 204 Å². The molecule has 0 spiro atoms. The molecule has 1 heterocycles. The number of carboxylic acids is 3. The summed E-state index contributed by atoms with van der Waals surface area (Å²) in [5, 5.41) is 43.0. The number of nitrogens with zero attached hydrogens (tertiary/aromatic N) is 4. The van der Waals surface area contributed by atoms with Crippen molar-refractivity contribution in [3.63, 3.8) is 0 Å². The summed E-state index contributed by atoms with van der Waals surface area (Å²) in [6, 6.07) is -0.0991. The van der Waals surface area contributed by atoms with Crippen LogP contribution >= 0.6 is 0 Å². The molecule has 1 aliphatic heterocycles. The van der Waals surface area contributed by atoms with Crippen LogP contribution < -0.4 is 31.3 Å². The van der Waals surface area contributed by atoms with Crippen molar-refractivity contribution in [3.05, 3.63) is 0 Å². The van der Waals surface area contributed by atoms with Crippen LogP contribution in [0.2, 0.25) is 0 Å².